The van der Waals surface area contributed by atoms with E-state index in [1.807, 2.05) is 6.92 Å². The summed E-state index contributed by atoms with van der Waals surface area (Å²) in [6, 6.07) is 9.89. The Morgan fingerprint density at radius 3 is 2.85 bits per heavy atom. The Morgan fingerprint density at radius 2 is 2.10 bits per heavy atom. The van der Waals surface area contributed by atoms with Gasteiger partial charge in [0.25, 0.3) is 5.91 Å². The van der Waals surface area contributed by atoms with E-state index in [1.165, 1.54) is 12.3 Å². The lowest BCUT2D eigenvalue weighted by Gasteiger charge is -2.05. The first kappa shape index (κ1) is 12.2. The monoisotopic (exact) mass is 268 g/mol. The van der Waals surface area contributed by atoms with E-state index < -0.39 is 0 Å². The summed E-state index contributed by atoms with van der Waals surface area (Å²) in [4.78, 5) is 26.9. The molecule has 2 aromatic heterocycles. The molecule has 5 nitrogen and oxygen atoms in total. The predicted octanol–water partition coefficient (Wildman–Crippen LogP) is 2.68. The number of nitrogens with one attached hydrogen (secondary N) is 2. The molecule has 0 atom stereocenters. The van der Waals surface area contributed by atoms with E-state index in [-0.39, 0.29) is 17.1 Å². The number of hydrogen-bond donors (Lipinski definition) is 2. The molecule has 2 N–H and O–H groups in total. The van der Waals surface area contributed by atoms with E-state index in [0.29, 0.717) is 11.1 Å². The number of amides is 1. The fraction of sp³-hybridized carbons (Fsp3) is 0.0667. The third-order valence-corrected chi connectivity index (χ3v) is 2.97. The number of aromatic amines is 1. The summed E-state index contributed by atoms with van der Waals surface area (Å²) in [5.74, 6) is -0.124. The minimum atomic E-state index is -0.349. The van der Waals surface area contributed by atoms with Crippen LogP contribution in [0.4, 0.5) is 5.69 Å². The SMILES string of the molecule is Cc1cc(=O)c2cc(NC(=O)c3ccco3)ccc2[nH]1. The van der Waals surface area contributed by atoms with Crippen molar-refractivity contribution >= 4 is 22.5 Å². The van der Waals surface area contributed by atoms with Crippen LogP contribution in [-0.2, 0) is 0 Å². The molecule has 2 heterocycles. The zero-order valence-corrected chi connectivity index (χ0v) is 10.8. The maximum Gasteiger partial charge on any atom is 0.291 e. The highest BCUT2D eigenvalue weighted by molar-refractivity contribution is 6.03. The van der Waals surface area contributed by atoms with E-state index in [2.05, 4.69) is 10.3 Å². The molecule has 3 rings (SSSR count). The number of pyridine rings is 1. The summed E-state index contributed by atoms with van der Waals surface area (Å²) >= 11 is 0. The quantitative estimate of drug-likeness (QED) is 0.750. The third-order valence-electron chi connectivity index (χ3n) is 2.97. The van der Waals surface area contributed by atoms with Gasteiger partial charge >= 0.3 is 0 Å². The fourth-order valence-corrected chi connectivity index (χ4v) is 2.06. The molecule has 0 unspecified atom stereocenters. The van der Waals surface area contributed by atoms with Crippen molar-refractivity contribution in [2.75, 3.05) is 5.32 Å². The van der Waals surface area contributed by atoms with Crippen molar-refractivity contribution in [3.63, 3.8) is 0 Å². The number of fused-ring (bicyclic) bond motifs is 1. The molecule has 0 aliphatic rings. The van der Waals surface area contributed by atoms with Crippen molar-refractivity contribution in [3.8, 4) is 0 Å². The minimum absolute atomic E-state index is 0.0784. The molecule has 1 amide bonds. The van der Waals surface area contributed by atoms with Crippen molar-refractivity contribution < 1.29 is 9.21 Å². The van der Waals surface area contributed by atoms with Crippen molar-refractivity contribution in [2.24, 2.45) is 0 Å². The van der Waals surface area contributed by atoms with Gasteiger partial charge in [0.05, 0.1) is 6.26 Å². The summed E-state index contributed by atoms with van der Waals surface area (Å²) in [5, 5.41) is 3.23. The maximum absolute atomic E-state index is 11.9. The molecule has 0 spiro atoms. The normalized spacial score (nSPS) is 10.7. The van der Waals surface area contributed by atoms with E-state index >= 15 is 0 Å². The van der Waals surface area contributed by atoms with Crippen LogP contribution in [0.3, 0.4) is 0 Å². The van der Waals surface area contributed by atoms with Crippen LogP contribution in [0.2, 0.25) is 0 Å². The highest BCUT2D eigenvalue weighted by atomic mass is 16.3. The smallest absolute Gasteiger partial charge is 0.291 e. The summed E-state index contributed by atoms with van der Waals surface area (Å²) < 4.78 is 5.01. The number of carbonyl (C=O) groups excluding carboxylic acids is 1. The number of rotatable bonds is 2. The number of anilines is 1. The van der Waals surface area contributed by atoms with Crippen LogP contribution in [0, 0.1) is 6.92 Å². The molecular formula is C15H12N2O3. The van der Waals surface area contributed by atoms with Gasteiger partial charge < -0.3 is 14.7 Å². The van der Waals surface area contributed by atoms with Gasteiger partial charge in [0.1, 0.15) is 0 Å². The van der Waals surface area contributed by atoms with E-state index in [0.717, 1.165) is 11.2 Å². The van der Waals surface area contributed by atoms with Gasteiger partial charge in [0.15, 0.2) is 11.2 Å². The standard InChI is InChI=1S/C15H12N2O3/c1-9-7-13(18)11-8-10(4-5-12(11)16-9)17-15(19)14-3-2-6-20-14/h2-8H,1H3,(H,16,18)(H,17,19). The van der Waals surface area contributed by atoms with Gasteiger partial charge in [-0.05, 0) is 37.3 Å². The minimum Gasteiger partial charge on any atom is -0.459 e. The molecule has 0 radical (unpaired) electrons. The molecule has 0 aliphatic heterocycles. The highest BCUT2D eigenvalue weighted by Crippen LogP contribution is 2.16. The lowest BCUT2D eigenvalue weighted by Crippen LogP contribution is -2.11. The largest absolute Gasteiger partial charge is 0.459 e. The predicted molar refractivity (Wildman–Crippen MR) is 76.0 cm³/mol. The van der Waals surface area contributed by atoms with Crippen molar-refractivity contribution in [2.45, 2.75) is 6.92 Å². The second-order valence-electron chi connectivity index (χ2n) is 4.51. The lowest BCUT2D eigenvalue weighted by molar-refractivity contribution is 0.0996. The van der Waals surface area contributed by atoms with Gasteiger partial charge in [-0.25, -0.2) is 0 Å². The number of aryl methyl sites for hydroxylation is 1. The van der Waals surface area contributed by atoms with Gasteiger partial charge in [0, 0.05) is 28.4 Å². The van der Waals surface area contributed by atoms with Gasteiger partial charge in [0.2, 0.25) is 0 Å². The van der Waals surface area contributed by atoms with E-state index in [4.69, 9.17) is 4.42 Å². The Hall–Kier alpha value is -2.82. The van der Waals surface area contributed by atoms with Crippen LogP contribution in [0.5, 0.6) is 0 Å². The van der Waals surface area contributed by atoms with Crippen molar-refractivity contribution in [3.05, 3.63) is 64.3 Å². The number of aromatic nitrogens is 1. The van der Waals surface area contributed by atoms with Gasteiger partial charge in [-0.1, -0.05) is 0 Å². The maximum atomic E-state index is 11.9. The number of carbonyl (C=O) groups is 1. The number of hydrogen-bond acceptors (Lipinski definition) is 3. The van der Waals surface area contributed by atoms with Gasteiger partial charge in [-0.15, -0.1) is 0 Å². The molecule has 0 bridgehead atoms. The summed E-state index contributed by atoms with van der Waals surface area (Å²) in [7, 11) is 0. The van der Waals surface area contributed by atoms with Gasteiger partial charge in [-0.3, -0.25) is 9.59 Å². The van der Waals surface area contributed by atoms with Crippen LogP contribution >= 0.6 is 0 Å². The second kappa shape index (κ2) is 4.70. The van der Waals surface area contributed by atoms with E-state index in [1.54, 1.807) is 30.3 Å². The molecule has 0 aliphatic carbocycles. The Bertz CT molecular complexity index is 832. The molecule has 20 heavy (non-hydrogen) atoms. The Labute approximate surface area is 114 Å². The fourth-order valence-electron chi connectivity index (χ4n) is 2.06. The molecular weight excluding hydrogens is 256 g/mol. The lowest BCUT2D eigenvalue weighted by atomic mass is 10.1. The molecule has 0 fully saturated rings. The first-order valence-electron chi connectivity index (χ1n) is 6.12. The number of benzene rings is 1. The zero-order valence-electron chi connectivity index (χ0n) is 10.8. The molecule has 100 valence electrons. The van der Waals surface area contributed by atoms with E-state index in [9.17, 15) is 9.59 Å². The summed E-state index contributed by atoms with van der Waals surface area (Å²) in [6.07, 6.45) is 1.43. The van der Waals surface area contributed by atoms with Crippen molar-refractivity contribution in [1.82, 2.24) is 4.98 Å². The average molecular weight is 268 g/mol. The first-order chi connectivity index (χ1) is 9.63. The Morgan fingerprint density at radius 1 is 1.25 bits per heavy atom. The van der Waals surface area contributed by atoms with Crippen LogP contribution < -0.4 is 10.7 Å². The van der Waals surface area contributed by atoms with Crippen molar-refractivity contribution in [1.29, 1.82) is 0 Å². The molecule has 3 aromatic rings. The molecule has 0 saturated carbocycles. The first-order valence-corrected chi connectivity index (χ1v) is 6.12. The van der Waals surface area contributed by atoms with Crippen LogP contribution in [0.1, 0.15) is 16.2 Å². The van der Waals surface area contributed by atoms with Gasteiger partial charge in [-0.2, -0.15) is 0 Å². The Kier molecular flexibility index (Phi) is 2.87. The number of H-pyrrole nitrogens is 1. The Balaban J connectivity index is 1.97. The third kappa shape index (κ3) is 2.21. The topological polar surface area (TPSA) is 75.1 Å². The molecule has 1 aromatic carbocycles. The molecule has 0 saturated heterocycles. The average Bonchev–Trinajstić information content (AvgIpc) is 2.93. The second-order valence-corrected chi connectivity index (χ2v) is 4.51. The van der Waals surface area contributed by atoms with Crippen LogP contribution in [0.25, 0.3) is 10.9 Å². The van der Waals surface area contributed by atoms with Crippen LogP contribution in [0.15, 0.2) is 51.9 Å². The highest BCUT2D eigenvalue weighted by Gasteiger charge is 2.09. The summed E-state index contributed by atoms with van der Waals surface area (Å²) in [6.45, 7) is 1.83. The summed E-state index contributed by atoms with van der Waals surface area (Å²) in [5.41, 5.74) is 2.01. The number of furan rings is 1. The molecule has 5 heteroatoms. The zero-order chi connectivity index (χ0) is 14.1. The van der Waals surface area contributed by atoms with Crippen LogP contribution in [-0.4, -0.2) is 10.9 Å².